The molecule has 2 aromatic heterocycles. The molecule has 5 heteroatoms. The number of nitrogens with one attached hydrogen (secondary N) is 1. The summed E-state index contributed by atoms with van der Waals surface area (Å²) in [4.78, 5) is 20.8. The quantitative estimate of drug-likeness (QED) is 0.798. The number of pyridine rings is 1. The number of aryl methyl sites for hydroxylation is 1. The van der Waals surface area contributed by atoms with Crippen LogP contribution in [0.5, 0.6) is 0 Å². The smallest absolute Gasteiger partial charge is 0.252 e. The van der Waals surface area contributed by atoms with Crippen LogP contribution < -0.4 is 5.32 Å². The van der Waals surface area contributed by atoms with Gasteiger partial charge in [-0.25, -0.2) is 9.97 Å². The first-order chi connectivity index (χ1) is 12.3. The molecule has 1 amide bonds. The number of amides is 1. The Morgan fingerprint density at radius 3 is 2.96 bits per heavy atom. The lowest BCUT2D eigenvalue weighted by atomic mass is 9.83. The number of nitrogens with zero attached hydrogens (tertiary/aromatic N) is 3. The minimum Gasteiger partial charge on any atom is -0.351 e. The first-order valence-corrected chi connectivity index (χ1v) is 8.61. The molecule has 1 N–H and O–H groups in total. The molecule has 0 radical (unpaired) electrons. The molecule has 1 aliphatic rings. The lowest BCUT2D eigenvalue weighted by Gasteiger charge is -2.25. The van der Waals surface area contributed by atoms with E-state index < -0.39 is 0 Å². The molecule has 1 unspecified atom stereocenters. The number of imidazole rings is 1. The molecule has 1 aromatic carbocycles. The van der Waals surface area contributed by atoms with Gasteiger partial charge in [-0.1, -0.05) is 24.3 Å². The van der Waals surface area contributed by atoms with E-state index in [1.165, 1.54) is 17.5 Å². The zero-order valence-corrected chi connectivity index (χ0v) is 13.9. The predicted molar refractivity (Wildman–Crippen MR) is 95.8 cm³/mol. The molecule has 0 bridgehead atoms. The molecule has 1 aliphatic carbocycles. The molecular formula is C20H20N4O. The summed E-state index contributed by atoms with van der Waals surface area (Å²) in [6.45, 7) is 0.666. The molecule has 0 spiro atoms. The van der Waals surface area contributed by atoms with Crippen molar-refractivity contribution in [2.24, 2.45) is 0 Å². The van der Waals surface area contributed by atoms with Crippen LogP contribution in [0.15, 0.2) is 61.3 Å². The van der Waals surface area contributed by atoms with Gasteiger partial charge in [0.1, 0.15) is 12.1 Å². The van der Waals surface area contributed by atoms with Crippen LogP contribution in [0, 0.1) is 0 Å². The fraction of sp³-hybridized carbons (Fsp3) is 0.250. The summed E-state index contributed by atoms with van der Waals surface area (Å²) in [6, 6.07) is 12.2. The minimum atomic E-state index is -0.0762. The van der Waals surface area contributed by atoms with Gasteiger partial charge < -0.3 is 5.32 Å². The monoisotopic (exact) mass is 332 g/mol. The van der Waals surface area contributed by atoms with Gasteiger partial charge in [0.25, 0.3) is 5.91 Å². The Kier molecular flexibility index (Phi) is 4.29. The normalized spacial score (nSPS) is 16.2. The summed E-state index contributed by atoms with van der Waals surface area (Å²) in [5.74, 6) is 1.06. The fourth-order valence-electron chi connectivity index (χ4n) is 3.45. The Bertz CT molecular complexity index is 856. The highest BCUT2D eigenvalue weighted by molar-refractivity contribution is 5.93. The number of rotatable bonds is 4. The van der Waals surface area contributed by atoms with Crippen molar-refractivity contribution in [3.8, 4) is 5.82 Å². The summed E-state index contributed by atoms with van der Waals surface area (Å²) in [5, 5.41) is 3.07. The third kappa shape index (κ3) is 3.31. The number of carbonyl (C=O) groups is 1. The van der Waals surface area contributed by atoms with Gasteiger partial charge in [0, 0.05) is 31.1 Å². The highest BCUT2D eigenvalue weighted by Crippen LogP contribution is 2.30. The predicted octanol–water partition coefficient (Wildman–Crippen LogP) is 3.12. The van der Waals surface area contributed by atoms with Crippen LogP contribution in [0.25, 0.3) is 5.82 Å². The Balaban J connectivity index is 1.41. The van der Waals surface area contributed by atoms with E-state index in [0.717, 1.165) is 18.7 Å². The Morgan fingerprint density at radius 2 is 2.16 bits per heavy atom. The number of hydrogen-bond donors (Lipinski definition) is 1. The second kappa shape index (κ2) is 6.89. The number of carbonyl (C=O) groups excluding carboxylic acids is 1. The van der Waals surface area contributed by atoms with Crippen molar-refractivity contribution in [1.29, 1.82) is 0 Å². The fourth-order valence-corrected chi connectivity index (χ4v) is 3.45. The Labute approximate surface area is 146 Å². The number of benzene rings is 1. The molecule has 4 rings (SSSR count). The highest BCUT2D eigenvalue weighted by Gasteiger charge is 2.20. The van der Waals surface area contributed by atoms with Crippen molar-refractivity contribution < 1.29 is 4.79 Å². The Morgan fingerprint density at radius 1 is 1.24 bits per heavy atom. The van der Waals surface area contributed by atoms with Crippen molar-refractivity contribution in [2.75, 3.05) is 6.54 Å². The maximum Gasteiger partial charge on any atom is 0.252 e. The molecule has 0 fully saturated rings. The van der Waals surface area contributed by atoms with Crippen molar-refractivity contribution >= 4 is 5.91 Å². The number of hydrogen-bond acceptors (Lipinski definition) is 3. The topological polar surface area (TPSA) is 59.8 Å². The molecule has 0 aliphatic heterocycles. The van der Waals surface area contributed by atoms with E-state index in [4.69, 9.17) is 0 Å². The molecule has 3 aromatic rings. The molecule has 0 saturated heterocycles. The van der Waals surface area contributed by atoms with Gasteiger partial charge in [0.2, 0.25) is 0 Å². The highest BCUT2D eigenvalue weighted by atomic mass is 16.1. The molecule has 25 heavy (non-hydrogen) atoms. The average Bonchev–Trinajstić information content (AvgIpc) is 3.21. The lowest BCUT2D eigenvalue weighted by molar-refractivity contribution is 0.0950. The van der Waals surface area contributed by atoms with Gasteiger partial charge >= 0.3 is 0 Å². The lowest BCUT2D eigenvalue weighted by Crippen LogP contribution is -2.30. The molecule has 5 nitrogen and oxygen atoms in total. The van der Waals surface area contributed by atoms with E-state index in [1.807, 2.05) is 12.3 Å². The zero-order chi connectivity index (χ0) is 17.1. The minimum absolute atomic E-state index is 0.0762. The van der Waals surface area contributed by atoms with Gasteiger partial charge in [-0.15, -0.1) is 0 Å². The van der Waals surface area contributed by atoms with Crippen LogP contribution in [0.4, 0.5) is 0 Å². The second-order valence-electron chi connectivity index (χ2n) is 6.37. The zero-order valence-electron chi connectivity index (χ0n) is 13.9. The molecule has 0 saturated carbocycles. The molecular weight excluding hydrogens is 312 g/mol. The van der Waals surface area contributed by atoms with Gasteiger partial charge in [0.15, 0.2) is 0 Å². The van der Waals surface area contributed by atoms with Gasteiger partial charge in [-0.05, 0) is 42.5 Å². The van der Waals surface area contributed by atoms with E-state index in [9.17, 15) is 4.79 Å². The number of fused-ring (bicyclic) bond motifs is 1. The van der Waals surface area contributed by atoms with Crippen molar-refractivity contribution in [3.05, 3.63) is 78.0 Å². The summed E-state index contributed by atoms with van der Waals surface area (Å²) in [7, 11) is 0. The SMILES string of the molecule is O=C(NCC1CCCc2ccccc21)c1ccc(-n2ccnc2)nc1. The van der Waals surface area contributed by atoms with E-state index >= 15 is 0 Å². The first kappa shape index (κ1) is 15.6. The summed E-state index contributed by atoms with van der Waals surface area (Å²) >= 11 is 0. The molecule has 2 heterocycles. The maximum atomic E-state index is 12.4. The molecule has 126 valence electrons. The standard InChI is InChI=1S/C20H20N4O/c25-20(17-8-9-19(22-13-17)24-11-10-21-14-24)23-12-16-6-3-5-15-4-1-2-7-18(15)16/h1-2,4,7-11,13-14,16H,3,5-6,12H2,(H,23,25). The van der Waals surface area contributed by atoms with Crippen LogP contribution in [0.1, 0.15) is 40.2 Å². The van der Waals surface area contributed by atoms with Gasteiger partial charge in [-0.3, -0.25) is 9.36 Å². The Hall–Kier alpha value is -2.95. The summed E-state index contributed by atoms with van der Waals surface area (Å²) < 4.78 is 1.81. The van der Waals surface area contributed by atoms with Crippen LogP contribution in [-0.4, -0.2) is 27.0 Å². The van der Waals surface area contributed by atoms with E-state index in [-0.39, 0.29) is 5.91 Å². The van der Waals surface area contributed by atoms with Gasteiger partial charge in [-0.2, -0.15) is 0 Å². The van der Waals surface area contributed by atoms with Crippen LogP contribution in [0.2, 0.25) is 0 Å². The van der Waals surface area contributed by atoms with Crippen molar-refractivity contribution in [2.45, 2.75) is 25.2 Å². The average molecular weight is 332 g/mol. The largest absolute Gasteiger partial charge is 0.351 e. The van der Waals surface area contributed by atoms with Crippen LogP contribution in [-0.2, 0) is 6.42 Å². The van der Waals surface area contributed by atoms with E-state index in [0.29, 0.717) is 18.0 Å². The third-order valence-corrected chi connectivity index (χ3v) is 4.78. The van der Waals surface area contributed by atoms with Crippen molar-refractivity contribution in [1.82, 2.24) is 19.9 Å². The number of aromatic nitrogens is 3. The maximum absolute atomic E-state index is 12.4. The van der Waals surface area contributed by atoms with Crippen LogP contribution in [0.3, 0.4) is 0 Å². The second-order valence-corrected chi connectivity index (χ2v) is 6.37. The van der Waals surface area contributed by atoms with Crippen LogP contribution >= 0.6 is 0 Å². The van der Waals surface area contributed by atoms with E-state index in [2.05, 4.69) is 39.6 Å². The third-order valence-electron chi connectivity index (χ3n) is 4.78. The van der Waals surface area contributed by atoms with E-state index in [1.54, 1.807) is 29.4 Å². The van der Waals surface area contributed by atoms with Gasteiger partial charge in [0.05, 0.1) is 5.56 Å². The molecule has 1 atom stereocenters. The summed E-state index contributed by atoms with van der Waals surface area (Å²) in [6.07, 6.45) is 10.3. The summed E-state index contributed by atoms with van der Waals surface area (Å²) in [5.41, 5.74) is 3.37. The first-order valence-electron chi connectivity index (χ1n) is 8.61. The van der Waals surface area contributed by atoms with Crippen molar-refractivity contribution in [3.63, 3.8) is 0 Å².